The number of unbranched alkanes of at least 4 members (excludes halogenated alkanes) is 3. The summed E-state index contributed by atoms with van der Waals surface area (Å²) in [5.41, 5.74) is 4.59. The lowest BCUT2D eigenvalue weighted by Gasteiger charge is -2.30. The highest BCUT2D eigenvalue weighted by Crippen LogP contribution is 2.56. The fourth-order valence-corrected chi connectivity index (χ4v) is 11.7. The van der Waals surface area contributed by atoms with Crippen LogP contribution in [0.4, 0.5) is 10.7 Å². The van der Waals surface area contributed by atoms with Crippen molar-refractivity contribution in [1.29, 1.82) is 0 Å². The number of amides is 3. The number of fused-ring (bicyclic) bond motifs is 2. The zero-order valence-electron chi connectivity index (χ0n) is 43.8. The molecule has 3 fully saturated rings. The highest BCUT2D eigenvalue weighted by molar-refractivity contribution is 8.00. The van der Waals surface area contributed by atoms with Crippen LogP contribution in [-0.4, -0.2) is 161 Å². The molecule has 3 amide bonds. The summed E-state index contributed by atoms with van der Waals surface area (Å²) < 4.78 is 43.5. The molecule has 3 aliphatic rings. The number of hydrogen-bond acceptors (Lipinski definition) is 18. The third-order valence-electron chi connectivity index (χ3n) is 12.8. The van der Waals surface area contributed by atoms with Crippen molar-refractivity contribution in [3.63, 3.8) is 0 Å². The third kappa shape index (κ3) is 22.3. The summed E-state index contributed by atoms with van der Waals surface area (Å²) >= 11 is 1.82. The van der Waals surface area contributed by atoms with E-state index < -0.39 is 58.3 Å². The number of nitrogens with zero attached hydrogens (tertiary/aromatic N) is 3. The minimum atomic E-state index is -5.75. The van der Waals surface area contributed by atoms with Crippen molar-refractivity contribution in [2.45, 2.75) is 156 Å². The Hall–Kier alpha value is -3.23. The molecule has 5 rings (SSSR count). The van der Waals surface area contributed by atoms with Crippen LogP contribution in [-0.2, 0) is 36.8 Å². The zero-order valence-corrected chi connectivity index (χ0v) is 46.4. The van der Waals surface area contributed by atoms with Gasteiger partial charge in [-0.05, 0) is 88.0 Å². The Morgan fingerprint density at radius 2 is 1.42 bits per heavy atom. The van der Waals surface area contributed by atoms with Crippen LogP contribution in [0.3, 0.4) is 0 Å². The molecule has 9 atom stereocenters. The Balaban J connectivity index is 0.000000705. The van der Waals surface area contributed by atoms with E-state index >= 15 is 0 Å². The number of quaternary nitrogens is 3. The molecule has 5 heterocycles. The van der Waals surface area contributed by atoms with E-state index in [9.17, 15) is 48.3 Å². The van der Waals surface area contributed by atoms with Gasteiger partial charge in [-0.2, -0.15) is 16.7 Å². The Morgan fingerprint density at radius 3 is 1.97 bits per heavy atom. The van der Waals surface area contributed by atoms with Crippen LogP contribution >= 0.6 is 27.4 Å². The summed E-state index contributed by atoms with van der Waals surface area (Å²) in [6.45, 7) is 30.8. The van der Waals surface area contributed by atoms with Crippen molar-refractivity contribution in [1.82, 2.24) is 35.5 Å². The number of nitrogen functional groups attached to an aromatic ring is 1. The second kappa shape index (κ2) is 33.6. The molecule has 0 radical (unpaired) electrons. The van der Waals surface area contributed by atoms with Crippen molar-refractivity contribution < 1.29 is 76.3 Å². The Bertz CT molecular complexity index is 2020. The molecule has 0 aromatic carbocycles. The summed E-state index contributed by atoms with van der Waals surface area (Å²) in [6, 6.07) is 0.150. The van der Waals surface area contributed by atoms with Gasteiger partial charge in [0.25, 0.3) is 13.4 Å². The molecule has 28 heteroatoms. The number of rotatable bonds is 27. The molecule has 3 aliphatic heterocycles. The van der Waals surface area contributed by atoms with Gasteiger partial charge in [-0.15, -0.1) is 0 Å². The summed E-state index contributed by atoms with van der Waals surface area (Å²) in [5, 5.41) is 29.8. The smallest absolute Gasteiger partial charge is 0.328 e. The molecule has 416 valence electrons. The summed E-state index contributed by atoms with van der Waals surface area (Å²) in [4.78, 5) is 86.9. The highest BCUT2D eigenvalue weighted by Gasteiger charge is 2.45. The second-order valence-electron chi connectivity index (χ2n) is 17.5. The van der Waals surface area contributed by atoms with Crippen LogP contribution in [0.25, 0.3) is 11.2 Å². The van der Waals surface area contributed by atoms with Crippen molar-refractivity contribution in [3.8, 4) is 0 Å². The number of nitrogens with one attached hydrogen (secondary N) is 7. The van der Waals surface area contributed by atoms with Crippen molar-refractivity contribution in [2.75, 3.05) is 83.5 Å². The van der Waals surface area contributed by atoms with Crippen molar-refractivity contribution in [2.24, 2.45) is 0 Å². The van der Waals surface area contributed by atoms with Crippen molar-refractivity contribution in [3.05, 3.63) is 16.7 Å². The lowest BCUT2D eigenvalue weighted by molar-refractivity contribution is -0.894. The summed E-state index contributed by atoms with van der Waals surface area (Å²) in [5.74, 6) is -0.793. The number of hydrogen-bond donors (Lipinski definition) is 10. The van der Waals surface area contributed by atoms with E-state index in [2.05, 4.69) is 107 Å². The van der Waals surface area contributed by atoms with E-state index in [0.29, 0.717) is 37.5 Å². The minimum Gasteiger partial charge on any atom is -0.756 e. The predicted octanol–water partition coefficient (Wildman–Crippen LogP) is -1.97. The number of carbonyl (C=O) groups excluding carboxylic acids is 3. The van der Waals surface area contributed by atoms with Crippen LogP contribution in [0.1, 0.15) is 120 Å². The molecular formula is C44H86N11O14P2S+. The molecule has 0 saturated carbocycles. The molecule has 0 bridgehead atoms. The largest absolute Gasteiger partial charge is 0.756 e. The van der Waals surface area contributed by atoms with E-state index in [1.807, 2.05) is 11.8 Å². The van der Waals surface area contributed by atoms with Gasteiger partial charge in [0.05, 0.1) is 83.9 Å². The molecule has 25 nitrogen and oxygen atoms in total. The average molecular weight is 1090 g/mol. The van der Waals surface area contributed by atoms with Crippen LogP contribution in [0.15, 0.2) is 11.1 Å². The number of phosphoric ester groups is 2. The van der Waals surface area contributed by atoms with Gasteiger partial charge in [-0.3, -0.25) is 33.1 Å². The molecule has 72 heavy (non-hydrogen) atoms. The molecule has 2 aromatic rings. The number of aromatic nitrogens is 4. The van der Waals surface area contributed by atoms with E-state index in [-0.39, 0.29) is 54.0 Å². The number of carbonyl (C=O) groups is 3. The third-order valence-corrected chi connectivity index (χ3v) is 16.8. The van der Waals surface area contributed by atoms with Crippen LogP contribution in [0.2, 0.25) is 0 Å². The average Bonchev–Trinajstić information content (AvgIpc) is 4.10. The first kappa shape index (κ1) is 64.9. The molecule has 3 saturated heterocycles. The van der Waals surface area contributed by atoms with E-state index in [4.69, 9.17) is 10.5 Å². The van der Waals surface area contributed by atoms with Crippen molar-refractivity contribution >= 4 is 62.4 Å². The fraction of sp³-hybridized carbons (Fsp3) is 0.818. The zero-order chi connectivity index (χ0) is 54.0. The number of imidazole rings is 1. The lowest BCUT2D eigenvalue weighted by Crippen LogP contribution is -3.11. The van der Waals surface area contributed by atoms with Gasteiger partial charge in [0.1, 0.15) is 18.3 Å². The Morgan fingerprint density at radius 1 is 0.847 bits per heavy atom. The molecule has 6 unspecified atom stereocenters. The molecule has 2 aromatic heterocycles. The first-order valence-electron chi connectivity index (χ1n) is 25.6. The predicted molar refractivity (Wildman–Crippen MR) is 270 cm³/mol. The van der Waals surface area contributed by atoms with E-state index in [0.717, 1.165) is 29.5 Å². The van der Waals surface area contributed by atoms with E-state index in [1.54, 1.807) is 14.7 Å². The molecular weight excluding hydrogens is 1000 g/mol. The topological polar surface area (TPSA) is 348 Å². The maximum absolute atomic E-state index is 12.2. The number of phosphoric acid groups is 2. The second-order valence-corrected chi connectivity index (χ2v) is 21.7. The van der Waals surface area contributed by atoms with Crippen LogP contribution < -0.4 is 51.7 Å². The van der Waals surface area contributed by atoms with Gasteiger partial charge >= 0.3 is 19.8 Å². The lowest BCUT2D eigenvalue weighted by atomic mass is 10.0. The Labute approximate surface area is 428 Å². The molecule has 0 aliphatic carbocycles. The number of aliphatic hydroxyl groups excluding tert-OH is 2. The monoisotopic (exact) mass is 1090 g/mol. The van der Waals surface area contributed by atoms with Gasteiger partial charge in [-0.1, -0.05) is 12.8 Å². The van der Waals surface area contributed by atoms with Crippen LogP contribution in [0, 0.1) is 0 Å². The molecule has 11 N–H and O–H groups in total. The number of ether oxygens (including phenoxy) is 1. The number of nitrogens with two attached hydrogens (primary N) is 1. The minimum absolute atomic E-state index is 0.108. The standard InChI is InChI=1S/C26H40N8O14P2S.3C6H15N/c27-25-32-22-19(23(39)33-25)29-12-34(22)24-21(38)20(37)14(46-24)10-45-49(41,42)48-50(43,44)47-17(36)8-2-1-5-9-28-16(35)7-4-3-6-15-18-13(11-51-15)30-26(40)31-18;3*1-4-7(5-2)6-3/h12-15,18,20-21,24,37-38H,1-11H2,(H,28,35)(H,41,42)(H,43,44)(H2,30,31,40)(H3,27,32,33,39);3*4-6H2,1-3H3/p+1/t13?,14-,15?,18?,20+,21?,24-;;;/m1.../s1. The van der Waals surface area contributed by atoms with Crippen LogP contribution in [0.5, 0.6) is 0 Å². The fourth-order valence-electron chi connectivity index (χ4n) is 8.14. The summed E-state index contributed by atoms with van der Waals surface area (Å²) in [7, 11) is -11.5. The normalized spacial score (nSPS) is 22.9. The highest BCUT2D eigenvalue weighted by atomic mass is 32.2. The molecule has 0 spiro atoms. The number of aliphatic hydroxyl groups is 2. The van der Waals surface area contributed by atoms with Gasteiger partial charge in [-0.25, -0.2) is 14.1 Å². The van der Waals surface area contributed by atoms with Gasteiger partial charge in [0.2, 0.25) is 11.9 Å². The number of aromatic amines is 1. The van der Waals surface area contributed by atoms with Gasteiger partial charge < -0.3 is 70.2 Å². The number of H-pyrrole nitrogens is 1. The SMILES string of the molecule is CC[NH+](CC)CC.CC[NH+](CC)CC.CC[NH+](CC)CC.Nc1nc2c(ncn2[C@@H]2O[C@H](COP(=O)([O-])OP(=O)([O-])OC(=O)CCCCCNC(=O)CCCCC3SCC4NC(=O)NC43)[C@H](O)C2O)c(=O)[nH]1. The number of anilines is 1. The number of thioether (sulfide) groups is 1. The maximum atomic E-state index is 12.2. The van der Waals surface area contributed by atoms with Gasteiger partial charge in [0, 0.05) is 30.4 Å². The number of urea groups is 1. The van der Waals surface area contributed by atoms with E-state index in [1.165, 1.54) is 58.9 Å². The maximum Gasteiger partial charge on any atom is 0.328 e. The first-order chi connectivity index (χ1) is 34.2. The first-order valence-corrected chi connectivity index (χ1v) is 29.5. The quantitative estimate of drug-likeness (QED) is 0.0264. The summed E-state index contributed by atoms with van der Waals surface area (Å²) in [6.07, 6.45) is -1.85. The Kier molecular flexibility index (Phi) is 30.3. The van der Waals surface area contributed by atoms with Gasteiger partial charge in [0.15, 0.2) is 17.4 Å².